The van der Waals surface area contributed by atoms with E-state index >= 15 is 0 Å². The molecule has 100 valence electrons. The third-order valence-corrected chi connectivity index (χ3v) is 3.29. The maximum atomic E-state index is 10.9. The first kappa shape index (κ1) is 15.3. The average molecular weight is 422 g/mol. The molecule has 0 saturated carbocycles. The third-order valence-electron chi connectivity index (χ3n) is 2.74. The van der Waals surface area contributed by atoms with Gasteiger partial charge < -0.3 is 0 Å². The second-order valence-electron chi connectivity index (χ2n) is 4.34. The van der Waals surface area contributed by atoms with Crippen molar-refractivity contribution in [3.05, 3.63) is 35.4 Å². The Labute approximate surface area is 118 Å². The van der Waals surface area contributed by atoms with Gasteiger partial charge in [0.1, 0.15) is 0 Å². The first-order valence-corrected chi connectivity index (χ1v) is 7.50. The van der Waals surface area contributed by atoms with Crippen molar-refractivity contribution in [1.82, 2.24) is 5.32 Å². The topological polar surface area (TPSA) is 75.4 Å². The van der Waals surface area contributed by atoms with Crippen molar-refractivity contribution in [2.75, 3.05) is 6.54 Å². The summed E-state index contributed by atoms with van der Waals surface area (Å²) in [6, 6.07) is 7.75. The van der Waals surface area contributed by atoms with Crippen LogP contribution in [0.25, 0.3) is 0 Å². The summed E-state index contributed by atoms with van der Waals surface area (Å²) in [6.07, 6.45) is 1.94. The third kappa shape index (κ3) is 5.74. The number of hydrogen-bond donors (Lipinski definition) is 3. The van der Waals surface area contributed by atoms with Crippen LogP contribution < -0.4 is 11.1 Å². The Morgan fingerprint density at radius 3 is 2.56 bits per heavy atom. The summed E-state index contributed by atoms with van der Waals surface area (Å²) in [5, 5.41) is 12.5. The molecule has 0 aliphatic heterocycles. The molecule has 0 bridgehead atoms. The molecule has 4 nitrogen and oxygen atoms in total. The number of carbonyl (C=O) groups is 1. The Morgan fingerprint density at radius 1 is 1.44 bits per heavy atom. The Morgan fingerprint density at radius 2 is 2.06 bits per heavy atom. The number of aliphatic hydroxyl groups is 1. The second kappa shape index (κ2) is 7.65. The van der Waals surface area contributed by atoms with Crippen LogP contribution in [0.1, 0.15) is 29.3 Å². The summed E-state index contributed by atoms with van der Waals surface area (Å²) in [5.74, 6) is -0.393. The van der Waals surface area contributed by atoms with Crippen LogP contribution in [0.5, 0.6) is 0 Å². The number of nitrogens with one attached hydrogen (secondary N) is 1. The molecule has 2 atom stereocenters. The molecule has 0 aliphatic carbocycles. The SMILES string of the molecule is CC(CCc1ccc(C(N)=O)cc1)NC[C@@H](O)[Re]. The summed E-state index contributed by atoms with van der Waals surface area (Å²) in [7, 11) is 0. The molecule has 5 heteroatoms. The molecule has 0 fully saturated rings. The van der Waals surface area contributed by atoms with Crippen LogP contribution in [0.3, 0.4) is 0 Å². The number of aryl methyl sites for hydroxylation is 1. The molecule has 18 heavy (non-hydrogen) atoms. The molecule has 1 rings (SSSR count). The number of rotatable bonds is 7. The van der Waals surface area contributed by atoms with Gasteiger partial charge in [0.2, 0.25) is 0 Å². The Balaban J connectivity index is 2.36. The van der Waals surface area contributed by atoms with E-state index in [1.165, 1.54) is 24.8 Å². The molecule has 1 aromatic carbocycles. The van der Waals surface area contributed by atoms with E-state index in [0.717, 1.165) is 12.8 Å². The van der Waals surface area contributed by atoms with E-state index < -0.39 is 5.91 Å². The van der Waals surface area contributed by atoms with Crippen molar-refractivity contribution in [1.29, 1.82) is 0 Å². The van der Waals surface area contributed by atoms with Gasteiger partial charge in [-0.2, -0.15) is 0 Å². The van der Waals surface area contributed by atoms with Crippen molar-refractivity contribution in [3.8, 4) is 0 Å². The number of aliphatic hydroxyl groups excluding tert-OH is 1. The van der Waals surface area contributed by atoms with Gasteiger partial charge in [-0.3, -0.25) is 0 Å². The first-order chi connectivity index (χ1) is 8.49. The molecular formula is C13H19N2O2Re. The zero-order valence-electron chi connectivity index (χ0n) is 10.4. The molecule has 0 spiro atoms. The zero-order valence-corrected chi connectivity index (χ0v) is 13.1. The van der Waals surface area contributed by atoms with E-state index in [4.69, 9.17) is 5.73 Å². The molecule has 0 aromatic heterocycles. The minimum absolute atomic E-state index is 0.262. The van der Waals surface area contributed by atoms with Gasteiger partial charge in [-0.05, 0) is 0 Å². The van der Waals surface area contributed by atoms with E-state index in [1.807, 2.05) is 12.1 Å². The van der Waals surface area contributed by atoms with Crippen molar-refractivity contribution in [2.24, 2.45) is 5.73 Å². The Kier molecular flexibility index (Phi) is 6.52. The maximum absolute atomic E-state index is 10.9. The van der Waals surface area contributed by atoms with Crippen LogP contribution in [0.2, 0.25) is 0 Å². The van der Waals surface area contributed by atoms with Gasteiger partial charge >= 0.3 is 118 Å². The van der Waals surface area contributed by atoms with E-state index in [9.17, 15) is 9.90 Å². The number of benzene rings is 1. The van der Waals surface area contributed by atoms with Crippen LogP contribution in [0.4, 0.5) is 0 Å². The van der Waals surface area contributed by atoms with E-state index in [0.29, 0.717) is 18.2 Å². The minimum atomic E-state index is -0.393. The van der Waals surface area contributed by atoms with Gasteiger partial charge in [-0.1, -0.05) is 0 Å². The molecule has 0 radical (unpaired) electrons. The number of hydrogen-bond acceptors (Lipinski definition) is 3. The summed E-state index contributed by atoms with van der Waals surface area (Å²) in [6.45, 7) is 2.74. The van der Waals surface area contributed by atoms with Gasteiger partial charge in [0.05, 0.1) is 0 Å². The summed E-state index contributed by atoms with van der Waals surface area (Å²) >= 11 is 1.38. The van der Waals surface area contributed by atoms with Crippen molar-refractivity contribution in [2.45, 2.75) is 30.4 Å². The van der Waals surface area contributed by atoms with Gasteiger partial charge in [-0.25, -0.2) is 0 Å². The predicted molar refractivity (Wildman–Crippen MR) is 66.8 cm³/mol. The molecule has 1 unspecified atom stereocenters. The number of carbonyl (C=O) groups excluding carboxylic acids is 1. The van der Waals surface area contributed by atoms with Crippen LogP contribution in [0.15, 0.2) is 24.3 Å². The average Bonchev–Trinajstić information content (AvgIpc) is 2.34. The van der Waals surface area contributed by atoms with Gasteiger partial charge in [0, 0.05) is 0 Å². The summed E-state index contributed by atoms with van der Waals surface area (Å²) < 4.78 is -0.262. The summed E-state index contributed by atoms with van der Waals surface area (Å²) in [4.78, 5) is 10.9. The summed E-state index contributed by atoms with van der Waals surface area (Å²) in [5.41, 5.74) is 6.91. The normalized spacial score (nSPS) is 14.2. The Hall–Kier alpha value is -0.728. The van der Waals surface area contributed by atoms with Crippen molar-refractivity contribution in [3.63, 3.8) is 0 Å². The molecule has 1 aromatic rings. The van der Waals surface area contributed by atoms with Gasteiger partial charge in [0.25, 0.3) is 0 Å². The molecule has 1 amide bonds. The van der Waals surface area contributed by atoms with E-state index in [1.54, 1.807) is 12.1 Å². The quantitative estimate of drug-likeness (QED) is 0.602. The van der Waals surface area contributed by atoms with E-state index in [-0.39, 0.29) is 4.58 Å². The molecule has 0 saturated heterocycles. The number of amides is 1. The molecule has 4 N–H and O–H groups in total. The van der Waals surface area contributed by atoms with Crippen molar-refractivity contribution < 1.29 is 29.1 Å². The van der Waals surface area contributed by atoms with Crippen LogP contribution in [0, 0.1) is 0 Å². The zero-order chi connectivity index (χ0) is 13.5. The van der Waals surface area contributed by atoms with Crippen LogP contribution in [-0.4, -0.2) is 28.2 Å². The fourth-order valence-corrected chi connectivity index (χ4v) is 1.94. The number of nitrogens with two attached hydrogens (primary N) is 1. The fourth-order valence-electron chi connectivity index (χ4n) is 1.62. The first-order valence-electron chi connectivity index (χ1n) is 5.93. The monoisotopic (exact) mass is 422 g/mol. The molecule has 0 aliphatic rings. The van der Waals surface area contributed by atoms with Gasteiger partial charge in [-0.15, -0.1) is 0 Å². The standard InChI is InChI=1S/C13H19N2O2.Re/c1-10(15-8-9-16)2-3-11-4-6-12(7-5-11)13(14)17;/h4-7,9-10,15-16H,2-3,8H2,1H3,(H2,14,17);. The predicted octanol–water partition coefficient (Wildman–Crippen LogP) is 0.561. The fraction of sp³-hybridized carbons (Fsp3) is 0.462. The Bertz CT molecular complexity index is 379. The van der Waals surface area contributed by atoms with Crippen LogP contribution in [-0.2, 0) is 25.6 Å². The molecular weight excluding hydrogens is 402 g/mol. The van der Waals surface area contributed by atoms with Crippen LogP contribution >= 0.6 is 0 Å². The number of primary amides is 1. The second-order valence-corrected chi connectivity index (χ2v) is 6.15. The van der Waals surface area contributed by atoms with Crippen molar-refractivity contribution >= 4 is 5.91 Å². The molecule has 0 heterocycles. The van der Waals surface area contributed by atoms with E-state index in [2.05, 4.69) is 12.2 Å². The van der Waals surface area contributed by atoms with Gasteiger partial charge in [0.15, 0.2) is 0 Å².